The van der Waals surface area contributed by atoms with E-state index in [1.807, 2.05) is 13.0 Å². The fourth-order valence-electron chi connectivity index (χ4n) is 1.67. The van der Waals surface area contributed by atoms with Gasteiger partial charge in [-0.05, 0) is 24.6 Å². The molecule has 0 bridgehead atoms. The zero-order valence-electron chi connectivity index (χ0n) is 10.9. The molecule has 0 heterocycles. The zero-order chi connectivity index (χ0) is 14.3. The van der Waals surface area contributed by atoms with Gasteiger partial charge in [-0.25, -0.2) is 8.42 Å². The van der Waals surface area contributed by atoms with E-state index in [1.54, 1.807) is 12.1 Å². The van der Waals surface area contributed by atoms with Gasteiger partial charge in [0, 0.05) is 13.1 Å². The topological polar surface area (TPSA) is 81.4 Å². The minimum absolute atomic E-state index is 0.0686. The lowest BCUT2D eigenvalue weighted by atomic mass is 10.2. The molecule has 0 saturated heterocycles. The first kappa shape index (κ1) is 15.6. The van der Waals surface area contributed by atoms with Crippen molar-refractivity contribution < 1.29 is 13.5 Å². The normalized spacial score (nSPS) is 11.5. The van der Waals surface area contributed by atoms with Crippen molar-refractivity contribution in [2.75, 3.05) is 19.7 Å². The number of aliphatic hydroxyl groups excluding tert-OH is 1. The molecule has 0 aliphatic carbocycles. The Balaban J connectivity index is 3.07. The Kier molecular flexibility index (Phi) is 5.96. The minimum atomic E-state index is -3.65. The SMILES string of the molecule is CCCCN(CCO)S(=O)(=O)c1cccc(C#N)c1. The van der Waals surface area contributed by atoms with Crippen LogP contribution in [-0.4, -0.2) is 37.5 Å². The molecule has 0 amide bonds. The van der Waals surface area contributed by atoms with Crippen LogP contribution >= 0.6 is 0 Å². The Labute approximate surface area is 114 Å². The molecule has 1 N–H and O–H groups in total. The van der Waals surface area contributed by atoms with Gasteiger partial charge in [0.25, 0.3) is 0 Å². The van der Waals surface area contributed by atoms with Crippen molar-refractivity contribution in [1.82, 2.24) is 4.31 Å². The van der Waals surface area contributed by atoms with E-state index in [-0.39, 0.29) is 18.0 Å². The fourth-order valence-corrected chi connectivity index (χ4v) is 3.19. The molecule has 6 heteroatoms. The highest BCUT2D eigenvalue weighted by Crippen LogP contribution is 2.17. The van der Waals surface area contributed by atoms with Gasteiger partial charge in [-0.15, -0.1) is 0 Å². The van der Waals surface area contributed by atoms with Crippen LogP contribution in [0.25, 0.3) is 0 Å². The highest BCUT2D eigenvalue weighted by Gasteiger charge is 2.23. The van der Waals surface area contributed by atoms with Crippen molar-refractivity contribution in [3.05, 3.63) is 29.8 Å². The average molecular weight is 282 g/mol. The van der Waals surface area contributed by atoms with Crippen molar-refractivity contribution in [2.24, 2.45) is 0 Å². The summed E-state index contributed by atoms with van der Waals surface area (Å²) in [6.45, 7) is 2.19. The smallest absolute Gasteiger partial charge is 0.243 e. The number of rotatable bonds is 7. The van der Waals surface area contributed by atoms with Gasteiger partial charge in [0.1, 0.15) is 0 Å². The second-order valence-electron chi connectivity index (χ2n) is 4.12. The summed E-state index contributed by atoms with van der Waals surface area (Å²) in [7, 11) is -3.65. The Morgan fingerprint density at radius 2 is 2.11 bits per heavy atom. The number of unbranched alkanes of at least 4 members (excludes halogenated alkanes) is 1. The Morgan fingerprint density at radius 3 is 2.68 bits per heavy atom. The zero-order valence-corrected chi connectivity index (χ0v) is 11.7. The van der Waals surface area contributed by atoms with Crippen LogP contribution < -0.4 is 0 Å². The van der Waals surface area contributed by atoms with E-state index < -0.39 is 10.0 Å². The number of hydrogen-bond acceptors (Lipinski definition) is 4. The molecule has 0 radical (unpaired) electrons. The van der Waals surface area contributed by atoms with Gasteiger partial charge in [0.2, 0.25) is 10.0 Å². The first-order valence-corrected chi connectivity index (χ1v) is 7.61. The summed E-state index contributed by atoms with van der Waals surface area (Å²) < 4.78 is 26.1. The summed E-state index contributed by atoms with van der Waals surface area (Å²) in [6.07, 6.45) is 1.60. The molecule has 19 heavy (non-hydrogen) atoms. The number of benzene rings is 1. The van der Waals surface area contributed by atoms with Crippen molar-refractivity contribution in [3.8, 4) is 6.07 Å². The lowest BCUT2D eigenvalue weighted by Crippen LogP contribution is -2.34. The molecule has 1 aromatic rings. The molecule has 1 rings (SSSR count). The van der Waals surface area contributed by atoms with Crippen molar-refractivity contribution in [1.29, 1.82) is 5.26 Å². The third-order valence-corrected chi connectivity index (χ3v) is 4.61. The second-order valence-corrected chi connectivity index (χ2v) is 6.06. The molecule has 0 fully saturated rings. The monoisotopic (exact) mass is 282 g/mol. The summed E-state index contributed by atoms with van der Waals surface area (Å²) in [5.41, 5.74) is 0.306. The summed E-state index contributed by atoms with van der Waals surface area (Å²) in [6, 6.07) is 7.84. The molecule has 104 valence electrons. The van der Waals surface area contributed by atoms with Gasteiger partial charge in [0.05, 0.1) is 23.1 Å². The van der Waals surface area contributed by atoms with Crippen molar-refractivity contribution >= 4 is 10.0 Å². The Hall–Kier alpha value is -1.42. The standard InChI is InChI=1S/C13H18N2O3S/c1-2-3-7-15(8-9-16)19(17,18)13-6-4-5-12(10-13)11-14/h4-6,10,16H,2-3,7-9H2,1H3. The van der Waals surface area contributed by atoms with Gasteiger partial charge >= 0.3 is 0 Å². The molecule has 0 saturated carbocycles. The van der Waals surface area contributed by atoms with E-state index in [9.17, 15) is 8.42 Å². The van der Waals surface area contributed by atoms with Gasteiger partial charge < -0.3 is 5.11 Å². The number of aliphatic hydroxyl groups is 1. The fraction of sp³-hybridized carbons (Fsp3) is 0.462. The van der Waals surface area contributed by atoms with Crippen LogP contribution in [0, 0.1) is 11.3 Å². The van der Waals surface area contributed by atoms with E-state index in [1.165, 1.54) is 16.4 Å². The highest BCUT2D eigenvalue weighted by molar-refractivity contribution is 7.89. The maximum absolute atomic E-state index is 12.4. The molecule has 5 nitrogen and oxygen atoms in total. The van der Waals surface area contributed by atoms with E-state index >= 15 is 0 Å². The summed E-state index contributed by atoms with van der Waals surface area (Å²) >= 11 is 0. The molecule has 0 atom stereocenters. The molecule has 1 aromatic carbocycles. The van der Waals surface area contributed by atoms with E-state index in [0.29, 0.717) is 12.1 Å². The predicted molar refractivity (Wildman–Crippen MR) is 71.9 cm³/mol. The maximum Gasteiger partial charge on any atom is 0.243 e. The van der Waals surface area contributed by atoms with E-state index in [4.69, 9.17) is 10.4 Å². The van der Waals surface area contributed by atoms with E-state index in [0.717, 1.165) is 12.8 Å². The molecular weight excluding hydrogens is 264 g/mol. The van der Waals surface area contributed by atoms with E-state index in [2.05, 4.69) is 0 Å². The van der Waals surface area contributed by atoms with Crippen LogP contribution in [0.5, 0.6) is 0 Å². The van der Waals surface area contributed by atoms with Crippen LogP contribution in [-0.2, 0) is 10.0 Å². The maximum atomic E-state index is 12.4. The third kappa shape index (κ3) is 4.03. The van der Waals surface area contributed by atoms with Crippen LogP contribution in [0.3, 0.4) is 0 Å². The number of hydrogen-bond donors (Lipinski definition) is 1. The lowest BCUT2D eigenvalue weighted by Gasteiger charge is -2.21. The predicted octanol–water partition coefficient (Wildman–Crippen LogP) is 1.34. The van der Waals surface area contributed by atoms with Crippen LogP contribution in [0.1, 0.15) is 25.3 Å². The molecule has 0 spiro atoms. The first-order chi connectivity index (χ1) is 9.06. The highest BCUT2D eigenvalue weighted by atomic mass is 32.2. The average Bonchev–Trinajstić information content (AvgIpc) is 2.43. The van der Waals surface area contributed by atoms with Gasteiger partial charge in [-0.3, -0.25) is 0 Å². The molecular formula is C13H18N2O3S. The largest absolute Gasteiger partial charge is 0.395 e. The van der Waals surface area contributed by atoms with Gasteiger partial charge in [-0.2, -0.15) is 9.57 Å². The van der Waals surface area contributed by atoms with Crippen LogP contribution in [0.4, 0.5) is 0 Å². The van der Waals surface area contributed by atoms with Crippen molar-refractivity contribution in [2.45, 2.75) is 24.7 Å². The number of nitrogens with zero attached hydrogens (tertiary/aromatic N) is 2. The lowest BCUT2D eigenvalue weighted by molar-refractivity contribution is 0.252. The minimum Gasteiger partial charge on any atom is -0.395 e. The van der Waals surface area contributed by atoms with Crippen LogP contribution in [0.15, 0.2) is 29.2 Å². The molecule has 0 aromatic heterocycles. The van der Waals surface area contributed by atoms with Crippen LogP contribution in [0.2, 0.25) is 0 Å². The quantitative estimate of drug-likeness (QED) is 0.818. The molecule has 0 aliphatic rings. The second kappa shape index (κ2) is 7.24. The third-order valence-electron chi connectivity index (χ3n) is 2.71. The summed E-state index contributed by atoms with van der Waals surface area (Å²) in [5, 5.41) is 17.8. The van der Waals surface area contributed by atoms with Gasteiger partial charge in [-0.1, -0.05) is 19.4 Å². The van der Waals surface area contributed by atoms with Gasteiger partial charge in [0.15, 0.2) is 0 Å². The number of nitriles is 1. The number of sulfonamides is 1. The Bertz CT molecular complexity index is 549. The molecule has 0 aliphatic heterocycles. The first-order valence-electron chi connectivity index (χ1n) is 6.17. The summed E-state index contributed by atoms with van der Waals surface area (Å²) in [5.74, 6) is 0. The summed E-state index contributed by atoms with van der Waals surface area (Å²) in [4.78, 5) is 0.0936. The van der Waals surface area contributed by atoms with Crippen molar-refractivity contribution in [3.63, 3.8) is 0 Å². The molecule has 0 unspecified atom stereocenters. The Morgan fingerprint density at radius 1 is 1.37 bits per heavy atom.